The van der Waals surface area contributed by atoms with Crippen LogP contribution in [0.5, 0.6) is 0 Å². The molecule has 3 aromatic carbocycles. The number of hydrogen-bond donors (Lipinski definition) is 0. The third-order valence-electron chi connectivity index (χ3n) is 5.90. The number of aliphatic imine (C=N–C) groups is 1. The minimum Gasteiger partial charge on any atom is -0.335 e. The number of hydrogen-bond acceptors (Lipinski definition) is 3. The van der Waals surface area contributed by atoms with Crippen molar-refractivity contribution in [1.29, 1.82) is 0 Å². The van der Waals surface area contributed by atoms with E-state index in [0.29, 0.717) is 13.0 Å². The van der Waals surface area contributed by atoms with E-state index in [1.54, 1.807) is 0 Å². The molecule has 164 valence electrons. The molecule has 0 N–H and O–H groups in total. The Hall–Kier alpha value is -3.40. The fourth-order valence-corrected chi connectivity index (χ4v) is 4.10. The van der Waals surface area contributed by atoms with Gasteiger partial charge in [-0.3, -0.25) is 4.79 Å². The van der Waals surface area contributed by atoms with Crippen LogP contribution in [0.3, 0.4) is 0 Å². The van der Waals surface area contributed by atoms with E-state index in [1.165, 1.54) is 11.1 Å². The smallest absolute Gasteiger partial charge is 0.259 e. The average Bonchev–Trinajstić information content (AvgIpc) is 3.14. The SMILES string of the molecule is CCc1cccc(N2C(=O)C(Cc3ccccc3)N=C2N(Cc2ccccc2)C(C)C)c1. The second kappa shape index (κ2) is 9.82. The zero-order chi connectivity index (χ0) is 22.5. The first-order valence-electron chi connectivity index (χ1n) is 11.4. The second-order valence-corrected chi connectivity index (χ2v) is 8.54. The molecule has 0 spiro atoms. The monoisotopic (exact) mass is 425 g/mol. The lowest BCUT2D eigenvalue weighted by Gasteiger charge is -2.33. The van der Waals surface area contributed by atoms with Gasteiger partial charge < -0.3 is 4.90 Å². The van der Waals surface area contributed by atoms with Gasteiger partial charge in [-0.15, -0.1) is 0 Å². The van der Waals surface area contributed by atoms with Gasteiger partial charge in [0.25, 0.3) is 5.91 Å². The maximum Gasteiger partial charge on any atom is 0.259 e. The number of rotatable bonds is 7. The van der Waals surface area contributed by atoms with Crippen LogP contribution in [0.2, 0.25) is 0 Å². The Morgan fingerprint density at radius 2 is 1.50 bits per heavy atom. The largest absolute Gasteiger partial charge is 0.335 e. The number of carbonyl (C=O) groups excluding carboxylic acids is 1. The highest BCUT2D eigenvalue weighted by Gasteiger charge is 2.39. The van der Waals surface area contributed by atoms with Gasteiger partial charge in [0.05, 0.1) is 5.69 Å². The van der Waals surface area contributed by atoms with E-state index in [1.807, 2.05) is 41.3 Å². The van der Waals surface area contributed by atoms with Crippen LogP contribution in [0.15, 0.2) is 89.9 Å². The molecule has 0 radical (unpaired) electrons. The Labute approximate surface area is 191 Å². The van der Waals surface area contributed by atoms with Crippen molar-refractivity contribution in [1.82, 2.24) is 4.90 Å². The Balaban J connectivity index is 1.73. The molecule has 3 aromatic rings. The molecule has 1 unspecified atom stereocenters. The predicted molar refractivity (Wildman–Crippen MR) is 132 cm³/mol. The van der Waals surface area contributed by atoms with Crippen LogP contribution in [0, 0.1) is 0 Å². The van der Waals surface area contributed by atoms with Crippen LogP contribution in [-0.2, 0) is 24.2 Å². The third-order valence-corrected chi connectivity index (χ3v) is 5.90. The number of carbonyl (C=O) groups is 1. The first-order valence-corrected chi connectivity index (χ1v) is 11.4. The van der Waals surface area contributed by atoms with Gasteiger partial charge in [0.15, 0.2) is 0 Å². The first kappa shape index (κ1) is 21.8. The van der Waals surface area contributed by atoms with Gasteiger partial charge in [0.2, 0.25) is 5.96 Å². The average molecular weight is 426 g/mol. The van der Waals surface area contributed by atoms with Gasteiger partial charge in [-0.2, -0.15) is 0 Å². The summed E-state index contributed by atoms with van der Waals surface area (Å²) in [5, 5.41) is 0. The molecule has 0 bridgehead atoms. The van der Waals surface area contributed by atoms with E-state index < -0.39 is 6.04 Å². The van der Waals surface area contributed by atoms with Gasteiger partial charge in [-0.25, -0.2) is 9.89 Å². The van der Waals surface area contributed by atoms with Crippen LogP contribution in [0.25, 0.3) is 0 Å². The molecule has 4 heteroatoms. The van der Waals surface area contributed by atoms with Crippen molar-refractivity contribution in [2.45, 2.75) is 52.2 Å². The summed E-state index contributed by atoms with van der Waals surface area (Å²) in [6, 6.07) is 28.5. The number of amides is 1. The normalized spacial score (nSPS) is 15.9. The summed E-state index contributed by atoms with van der Waals surface area (Å²) in [5.74, 6) is 0.777. The molecule has 0 saturated heterocycles. The van der Waals surface area contributed by atoms with Gasteiger partial charge in [0.1, 0.15) is 6.04 Å². The molecule has 1 amide bonds. The van der Waals surface area contributed by atoms with Gasteiger partial charge in [0, 0.05) is 19.0 Å². The molecule has 1 aliphatic rings. The summed E-state index contributed by atoms with van der Waals surface area (Å²) in [6.45, 7) is 7.14. The van der Waals surface area contributed by atoms with Crippen LogP contribution in [0.4, 0.5) is 5.69 Å². The maximum atomic E-state index is 13.7. The Bertz CT molecular complexity index is 1080. The van der Waals surface area contributed by atoms with Crippen LogP contribution in [0.1, 0.15) is 37.5 Å². The van der Waals surface area contributed by atoms with Gasteiger partial charge >= 0.3 is 0 Å². The van der Waals surface area contributed by atoms with Crippen LogP contribution in [-0.4, -0.2) is 28.9 Å². The van der Waals surface area contributed by atoms with E-state index in [9.17, 15) is 4.79 Å². The number of nitrogens with zero attached hydrogens (tertiary/aromatic N) is 3. The summed E-state index contributed by atoms with van der Waals surface area (Å²) in [4.78, 5) is 22.8. The lowest BCUT2D eigenvalue weighted by atomic mass is 10.1. The quantitative estimate of drug-likeness (QED) is 0.503. The molecule has 1 aliphatic heterocycles. The molecule has 0 aromatic heterocycles. The van der Waals surface area contributed by atoms with Crippen molar-refractivity contribution in [3.05, 3.63) is 102 Å². The number of guanidine groups is 1. The highest BCUT2D eigenvalue weighted by molar-refractivity contribution is 6.22. The van der Waals surface area contributed by atoms with Crippen molar-refractivity contribution < 1.29 is 4.79 Å². The number of anilines is 1. The molecule has 4 rings (SSSR count). The predicted octanol–water partition coefficient (Wildman–Crippen LogP) is 5.47. The first-order chi connectivity index (χ1) is 15.6. The standard InChI is InChI=1S/C28H31N3O/c1-4-22-16-11-17-25(18-22)31-27(32)26(19-23-12-7-5-8-13-23)29-28(31)30(21(2)3)20-24-14-9-6-10-15-24/h5-18,21,26H,4,19-20H2,1-3H3. The number of aryl methyl sites for hydroxylation is 1. The fourth-order valence-electron chi connectivity index (χ4n) is 4.10. The van der Waals surface area contributed by atoms with Crippen molar-refractivity contribution in [3.8, 4) is 0 Å². The highest BCUT2D eigenvalue weighted by Crippen LogP contribution is 2.28. The molecule has 1 atom stereocenters. The Morgan fingerprint density at radius 1 is 0.875 bits per heavy atom. The number of benzene rings is 3. The molecule has 4 nitrogen and oxygen atoms in total. The molecular formula is C28H31N3O. The molecule has 32 heavy (non-hydrogen) atoms. The fraction of sp³-hybridized carbons (Fsp3) is 0.286. The summed E-state index contributed by atoms with van der Waals surface area (Å²) in [5.41, 5.74) is 4.42. The van der Waals surface area contributed by atoms with Gasteiger partial charge in [-0.1, -0.05) is 79.7 Å². The van der Waals surface area contributed by atoms with E-state index in [2.05, 4.69) is 74.2 Å². The zero-order valence-electron chi connectivity index (χ0n) is 19.1. The van der Waals surface area contributed by atoms with Gasteiger partial charge in [-0.05, 0) is 49.1 Å². The lowest BCUT2D eigenvalue weighted by molar-refractivity contribution is -0.118. The van der Waals surface area contributed by atoms with E-state index >= 15 is 0 Å². The molecule has 0 saturated carbocycles. The van der Waals surface area contributed by atoms with Crippen LogP contribution < -0.4 is 4.90 Å². The molecule has 0 aliphatic carbocycles. The van der Waals surface area contributed by atoms with Crippen LogP contribution >= 0.6 is 0 Å². The second-order valence-electron chi connectivity index (χ2n) is 8.54. The summed E-state index contributed by atoms with van der Waals surface area (Å²) >= 11 is 0. The summed E-state index contributed by atoms with van der Waals surface area (Å²) < 4.78 is 0. The molecule has 0 fully saturated rings. The summed E-state index contributed by atoms with van der Waals surface area (Å²) in [6.07, 6.45) is 1.53. The van der Waals surface area contributed by atoms with E-state index in [4.69, 9.17) is 4.99 Å². The molecular weight excluding hydrogens is 394 g/mol. The van der Waals surface area contributed by atoms with Crippen molar-refractivity contribution in [3.63, 3.8) is 0 Å². The topological polar surface area (TPSA) is 35.9 Å². The van der Waals surface area contributed by atoms with Crippen molar-refractivity contribution >= 4 is 17.6 Å². The highest BCUT2D eigenvalue weighted by atomic mass is 16.2. The zero-order valence-corrected chi connectivity index (χ0v) is 19.1. The lowest BCUT2D eigenvalue weighted by Crippen LogP contribution is -2.47. The van der Waals surface area contributed by atoms with Crippen molar-refractivity contribution in [2.75, 3.05) is 4.90 Å². The Kier molecular flexibility index (Phi) is 6.69. The minimum absolute atomic E-state index is 0.0378. The van der Waals surface area contributed by atoms with E-state index in [0.717, 1.165) is 23.6 Å². The molecule has 1 heterocycles. The minimum atomic E-state index is -0.422. The van der Waals surface area contributed by atoms with E-state index in [-0.39, 0.29) is 11.9 Å². The van der Waals surface area contributed by atoms with Crippen molar-refractivity contribution in [2.24, 2.45) is 4.99 Å². The maximum absolute atomic E-state index is 13.7. The Morgan fingerprint density at radius 3 is 2.12 bits per heavy atom. The third kappa shape index (κ3) is 4.75. The summed E-state index contributed by atoms with van der Waals surface area (Å²) in [7, 11) is 0.